The van der Waals surface area contributed by atoms with Crippen molar-refractivity contribution in [2.45, 2.75) is 24.7 Å². The molecule has 0 aliphatic carbocycles. The lowest BCUT2D eigenvalue weighted by Gasteiger charge is -2.08. The summed E-state index contributed by atoms with van der Waals surface area (Å²) >= 11 is 2.78. The molecule has 0 atom stereocenters. The molecule has 0 saturated carbocycles. The quantitative estimate of drug-likeness (QED) is 0.390. The zero-order valence-electron chi connectivity index (χ0n) is 18.1. The average Bonchev–Trinajstić information content (AvgIpc) is 3.26. The predicted octanol–water partition coefficient (Wildman–Crippen LogP) is 5.30. The van der Waals surface area contributed by atoms with E-state index in [0.717, 1.165) is 28.3 Å². The maximum Gasteiger partial charge on any atom is 0.236 e. The predicted molar refractivity (Wildman–Crippen MR) is 130 cm³/mol. The summed E-state index contributed by atoms with van der Waals surface area (Å²) in [5.74, 6) is 1.39. The van der Waals surface area contributed by atoms with Gasteiger partial charge in [-0.05, 0) is 48.9 Å². The van der Waals surface area contributed by atoms with Gasteiger partial charge in [-0.1, -0.05) is 6.92 Å². The molecule has 9 heteroatoms. The zero-order valence-corrected chi connectivity index (χ0v) is 19.8. The minimum atomic E-state index is -0.136. The molecule has 2 N–H and O–H groups in total. The number of thioether (sulfide) groups is 1. The fraction of sp³-hybridized carbons (Fsp3) is 0.261. The molecule has 0 radical (unpaired) electrons. The smallest absolute Gasteiger partial charge is 0.236 e. The Hall–Kier alpha value is -3.04. The lowest BCUT2D eigenvalue weighted by Crippen LogP contribution is -2.13. The maximum absolute atomic E-state index is 12.3. The number of methoxy groups -OCH3 is 2. The molecule has 2 aromatic carbocycles. The van der Waals surface area contributed by atoms with Gasteiger partial charge in [-0.15, -0.1) is 23.1 Å². The van der Waals surface area contributed by atoms with Gasteiger partial charge in [0.1, 0.15) is 0 Å². The molecule has 0 aliphatic heterocycles. The summed E-state index contributed by atoms with van der Waals surface area (Å²) in [6.45, 7) is 1.97. The number of thiazole rings is 1. The molecule has 7 nitrogen and oxygen atoms in total. The summed E-state index contributed by atoms with van der Waals surface area (Å²) in [5.41, 5.74) is 2.38. The van der Waals surface area contributed by atoms with E-state index in [1.54, 1.807) is 14.2 Å². The molecule has 0 saturated heterocycles. The van der Waals surface area contributed by atoms with Crippen LogP contribution < -0.4 is 20.1 Å². The van der Waals surface area contributed by atoms with Crippen LogP contribution in [-0.4, -0.2) is 36.8 Å². The SMILES string of the molecule is CCCC(=O)Nc1ccc(SCC(=O)Nc2nc(-c3ccc(OC)c(OC)c3)cs2)cc1. The van der Waals surface area contributed by atoms with Gasteiger partial charge in [-0.2, -0.15) is 0 Å². The minimum absolute atomic E-state index is 0.00295. The van der Waals surface area contributed by atoms with Gasteiger partial charge in [-0.3, -0.25) is 9.59 Å². The molecule has 2 amide bonds. The van der Waals surface area contributed by atoms with Gasteiger partial charge in [0.05, 0.1) is 25.7 Å². The number of carbonyl (C=O) groups excluding carboxylic acids is 2. The Morgan fingerprint density at radius 2 is 1.75 bits per heavy atom. The van der Waals surface area contributed by atoms with Crippen LogP contribution in [0.2, 0.25) is 0 Å². The van der Waals surface area contributed by atoms with Crippen molar-refractivity contribution in [3.63, 3.8) is 0 Å². The van der Waals surface area contributed by atoms with Crippen LogP contribution in [0.5, 0.6) is 11.5 Å². The van der Waals surface area contributed by atoms with E-state index in [0.29, 0.717) is 23.1 Å². The summed E-state index contributed by atoms with van der Waals surface area (Å²) in [5, 5.41) is 8.11. The number of nitrogens with zero attached hydrogens (tertiary/aromatic N) is 1. The topological polar surface area (TPSA) is 89.6 Å². The van der Waals surface area contributed by atoms with Crippen LogP contribution in [0.1, 0.15) is 19.8 Å². The van der Waals surface area contributed by atoms with Crippen molar-refractivity contribution in [2.24, 2.45) is 0 Å². The fourth-order valence-corrected chi connectivity index (χ4v) is 4.28. The highest BCUT2D eigenvalue weighted by Crippen LogP contribution is 2.33. The van der Waals surface area contributed by atoms with E-state index in [9.17, 15) is 9.59 Å². The molecule has 3 aromatic rings. The third kappa shape index (κ3) is 6.48. The third-order valence-corrected chi connectivity index (χ3v) is 6.18. The van der Waals surface area contributed by atoms with Gasteiger partial charge in [0.15, 0.2) is 16.6 Å². The van der Waals surface area contributed by atoms with Crippen LogP contribution in [0.25, 0.3) is 11.3 Å². The summed E-state index contributed by atoms with van der Waals surface area (Å²) < 4.78 is 10.6. The molecule has 1 aromatic heterocycles. The number of nitrogens with one attached hydrogen (secondary N) is 2. The number of hydrogen-bond donors (Lipinski definition) is 2. The summed E-state index contributed by atoms with van der Waals surface area (Å²) in [6.07, 6.45) is 1.31. The Labute approximate surface area is 195 Å². The number of rotatable bonds is 10. The Kier molecular flexibility index (Phi) is 8.52. The number of benzene rings is 2. The van der Waals surface area contributed by atoms with Gasteiger partial charge in [0, 0.05) is 27.9 Å². The second-order valence-corrected chi connectivity index (χ2v) is 8.67. The van der Waals surface area contributed by atoms with Crippen molar-refractivity contribution in [1.29, 1.82) is 0 Å². The van der Waals surface area contributed by atoms with Crippen LogP contribution in [0, 0.1) is 0 Å². The van der Waals surface area contributed by atoms with Crippen LogP contribution in [-0.2, 0) is 9.59 Å². The highest BCUT2D eigenvalue weighted by atomic mass is 32.2. The van der Waals surface area contributed by atoms with E-state index in [4.69, 9.17) is 9.47 Å². The van der Waals surface area contributed by atoms with E-state index in [2.05, 4.69) is 15.6 Å². The third-order valence-electron chi connectivity index (χ3n) is 4.41. The molecular formula is C23H25N3O4S2. The number of aromatic nitrogens is 1. The molecular weight excluding hydrogens is 446 g/mol. The van der Waals surface area contributed by atoms with Crippen molar-refractivity contribution < 1.29 is 19.1 Å². The van der Waals surface area contributed by atoms with Crippen molar-refractivity contribution in [2.75, 3.05) is 30.6 Å². The number of hydrogen-bond acceptors (Lipinski definition) is 7. The van der Waals surface area contributed by atoms with Gasteiger partial charge >= 0.3 is 0 Å². The lowest BCUT2D eigenvalue weighted by atomic mass is 10.1. The van der Waals surface area contributed by atoms with Gasteiger partial charge in [0.25, 0.3) is 0 Å². The van der Waals surface area contributed by atoms with Gasteiger partial charge in [0.2, 0.25) is 11.8 Å². The number of ether oxygens (including phenoxy) is 2. The standard InChI is InChI=1S/C23H25N3O4S2/c1-4-5-21(27)24-16-7-9-17(10-8-16)31-14-22(28)26-23-25-18(13-32-23)15-6-11-19(29-2)20(12-15)30-3/h6-13H,4-5,14H2,1-3H3,(H,24,27)(H,25,26,28). The molecule has 0 fully saturated rings. The van der Waals surface area contributed by atoms with E-state index in [1.165, 1.54) is 23.1 Å². The normalized spacial score (nSPS) is 10.5. The van der Waals surface area contributed by atoms with Crippen LogP contribution >= 0.6 is 23.1 Å². The Bertz CT molecular complexity index is 1070. The molecule has 168 valence electrons. The number of amides is 2. The molecule has 0 unspecified atom stereocenters. The average molecular weight is 472 g/mol. The van der Waals surface area contributed by atoms with E-state index in [1.807, 2.05) is 54.8 Å². The largest absolute Gasteiger partial charge is 0.493 e. The highest BCUT2D eigenvalue weighted by Gasteiger charge is 2.11. The zero-order chi connectivity index (χ0) is 22.9. The van der Waals surface area contributed by atoms with Crippen molar-refractivity contribution in [1.82, 2.24) is 4.98 Å². The summed E-state index contributed by atoms with van der Waals surface area (Å²) in [6, 6.07) is 13.0. The second-order valence-electron chi connectivity index (χ2n) is 6.77. The molecule has 32 heavy (non-hydrogen) atoms. The fourth-order valence-electron chi connectivity index (χ4n) is 2.85. The van der Waals surface area contributed by atoms with E-state index in [-0.39, 0.29) is 17.6 Å². The van der Waals surface area contributed by atoms with Crippen LogP contribution in [0.15, 0.2) is 52.7 Å². The Balaban J connectivity index is 1.53. The first-order valence-corrected chi connectivity index (χ1v) is 11.9. The maximum atomic E-state index is 12.3. The van der Waals surface area contributed by atoms with Gasteiger partial charge in [-0.25, -0.2) is 4.98 Å². The van der Waals surface area contributed by atoms with E-state index < -0.39 is 0 Å². The number of anilines is 2. The molecule has 1 heterocycles. The molecule has 0 bridgehead atoms. The first-order chi connectivity index (χ1) is 15.5. The molecule has 3 rings (SSSR count). The Morgan fingerprint density at radius 1 is 1.00 bits per heavy atom. The first kappa shape index (κ1) is 23.6. The van der Waals surface area contributed by atoms with Crippen LogP contribution in [0.3, 0.4) is 0 Å². The first-order valence-electron chi connectivity index (χ1n) is 10.0. The Morgan fingerprint density at radius 3 is 2.44 bits per heavy atom. The monoisotopic (exact) mass is 471 g/mol. The number of carbonyl (C=O) groups is 2. The minimum Gasteiger partial charge on any atom is -0.493 e. The highest BCUT2D eigenvalue weighted by molar-refractivity contribution is 8.00. The van der Waals surface area contributed by atoms with Crippen molar-refractivity contribution >= 4 is 45.7 Å². The van der Waals surface area contributed by atoms with E-state index >= 15 is 0 Å². The van der Waals surface area contributed by atoms with Crippen molar-refractivity contribution in [3.8, 4) is 22.8 Å². The molecule has 0 aliphatic rings. The van der Waals surface area contributed by atoms with Crippen molar-refractivity contribution in [3.05, 3.63) is 47.8 Å². The van der Waals surface area contributed by atoms with Crippen LogP contribution in [0.4, 0.5) is 10.8 Å². The molecule has 0 spiro atoms. The lowest BCUT2D eigenvalue weighted by molar-refractivity contribution is -0.116. The second kappa shape index (κ2) is 11.5. The van der Waals surface area contributed by atoms with Gasteiger partial charge < -0.3 is 20.1 Å². The summed E-state index contributed by atoms with van der Waals surface area (Å²) in [7, 11) is 3.17. The summed E-state index contributed by atoms with van der Waals surface area (Å²) in [4.78, 5) is 29.4.